The molecule has 1 fully saturated rings. The SMILES string of the molecule is Cc1cccc2c1N(C(=O)C1CCCC(C(=O)O)C1)CC2. The maximum atomic E-state index is 12.8. The second kappa shape index (κ2) is 5.51. The number of aryl methyl sites for hydroxylation is 1. The second-order valence-corrected chi connectivity index (χ2v) is 6.22. The van der Waals surface area contributed by atoms with Crippen LogP contribution in [0.15, 0.2) is 18.2 Å². The molecule has 1 saturated carbocycles. The van der Waals surface area contributed by atoms with Crippen LogP contribution in [0.5, 0.6) is 0 Å². The summed E-state index contributed by atoms with van der Waals surface area (Å²) in [5.74, 6) is -1.13. The minimum atomic E-state index is -0.759. The van der Waals surface area contributed by atoms with E-state index in [1.807, 2.05) is 24.0 Å². The monoisotopic (exact) mass is 287 g/mol. The summed E-state index contributed by atoms with van der Waals surface area (Å²) in [5, 5.41) is 9.18. The Bertz CT molecular complexity index is 581. The van der Waals surface area contributed by atoms with Crippen molar-refractivity contribution in [1.82, 2.24) is 0 Å². The van der Waals surface area contributed by atoms with Crippen molar-refractivity contribution in [2.45, 2.75) is 39.0 Å². The van der Waals surface area contributed by atoms with Crippen molar-refractivity contribution in [3.63, 3.8) is 0 Å². The first kappa shape index (κ1) is 14.1. The van der Waals surface area contributed by atoms with Crippen LogP contribution in [-0.4, -0.2) is 23.5 Å². The quantitative estimate of drug-likeness (QED) is 0.910. The molecule has 0 radical (unpaired) electrons. The molecule has 4 heteroatoms. The molecule has 0 bridgehead atoms. The standard InChI is InChI=1S/C17H21NO3/c1-11-4-2-5-12-8-9-18(15(11)12)16(19)13-6-3-7-14(10-13)17(20)21/h2,4-5,13-14H,3,6-10H2,1H3,(H,20,21). The van der Waals surface area contributed by atoms with Crippen LogP contribution in [0, 0.1) is 18.8 Å². The fourth-order valence-corrected chi connectivity index (χ4v) is 3.73. The van der Waals surface area contributed by atoms with E-state index in [0.29, 0.717) is 12.8 Å². The molecule has 2 atom stereocenters. The molecule has 112 valence electrons. The van der Waals surface area contributed by atoms with E-state index in [-0.39, 0.29) is 17.7 Å². The van der Waals surface area contributed by atoms with Gasteiger partial charge in [-0.25, -0.2) is 0 Å². The van der Waals surface area contributed by atoms with E-state index in [1.165, 1.54) is 5.56 Å². The number of anilines is 1. The van der Waals surface area contributed by atoms with Gasteiger partial charge in [-0.3, -0.25) is 9.59 Å². The Morgan fingerprint density at radius 1 is 1.24 bits per heavy atom. The fraction of sp³-hybridized carbons (Fsp3) is 0.529. The molecule has 4 nitrogen and oxygen atoms in total. The Labute approximate surface area is 124 Å². The molecule has 1 heterocycles. The molecule has 1 aromatic carbocycles. The first-order valence-corrected chi connectivity index (χ1v) is 7.70. The molecule has 3 rings (SSSR count). The molecule has 0 saturated heterocycles. The van der Waals surface area contributed by atoms with Crippen molar-refractivity contribution in [1.29, 1.82) is 0 Å². The zero-order valence-electron chi connectivity index (χ0n) is 12.3. The van der Waals surface area contributed by atoms with Crippen molar-refractivity contribution in [2.75, 3.05) is 11.4 Å². The molecule has 2 aliphatic rings. The summed E-state index contributed by atoms with van der Waals surface area (Å²) in [6.45, 7) is 2.76. The second-order valence-electron chi connectivity index (χ2n) is 6.22. The third-order valence-electron chi connectivity index (χ3n) is 4.83. The highest BCUT2D eigenvalue weighted by molar-refractivity contribution is 5.98. The number of nitrogens with zero attached hydrogens (tertiary/aromatic N) is 1. The highest BCUT2D eigenvalue weighted by Crippen LogP contribution is 2.36. The minimum Gasteiger partial charge on any atom is -0.481 e. The van der Waals surface area contributed by atoms with Crippen LogP contribution in [0.25, 0.3) is 0 Å². The molecule has 21 heavy (non-hydrogen) atoms. The molecule has 0 spiro atoms. The van der Waals surface area contributed by atoms with Crippen molar-refractivity contribution in [3.8, 4) is 0 Å². The number of carboxylic acid groups (broad SMARTS) is 1. The van der Waals surface area contributed by atoms with Crippen LogP contribution in [-0.2, 0) is 16.0 Å². The topological polar surface area (TPSA) is 57.6 Å². The predicted molar refractivity (Wildman–Crippen MR) is 80.3 cm³/mol. The van der Waals surface area contributed by atoms with Gasteiger partial charge in [0, 0.05) is 18.2 Å². The third kappa shape index (κ3) is 2.55. The summed E-state index contributed by atoms with van der Waals surface area (Å²) in [6, 6.07) is 6.14. The number of carboxylic acids is 1. The highest BCUT2D eigenvalue weighted by Gasteiger charge is 2.36. The first-order valence-electron chi connectivity index (χ1n) is 7.70. The molecule has 1 amide bonds. The van der Waals surface area contributed by atoms with E-state index in [4.69, 9.17) is 0 Å². The Hall–Kier alpha value is -1.84. The number of aliphatic carboxylic acids is 1. The van der Waals surface area contributed by atoms with Gasteiger partial charge < -0.3 is 10.0 Å². The lowest BCUT2D eigenvalue weighted by Crippen LogP contribution is -2.38. The maximum absolute atomic E-state index is 12.8. The molecule has 2 unspecified atom stereocenters. The molecule has 1 N–H and O–H groups in total. The summed E-state index contributed by atoms with van der Waals surface area (Å²) >= 11 is 0. The van der Waals surface area contributed by atoms with E-state index in [0.717, 1.165) is 37.1 Å². The van der Waals surface area contributed by atoms with Crippen LogP contribution in [0.2, 0.25) is 0 Å². The van der Waals surface area contributed by atoms with Gasteiger partial charge in [0.2, 0.25) is 5.91 Å². The van der Waals surface area contributed by atoms with E-state index in [9.17, 15) is 14.7 Å². The third-order valence-corrected chi connectivity index (χ3v) is 4.83. The van der Waals surface area contributed by atoms with Crippen molar-refractivity contribution in [3.05, 3.63) is 29.3 Å². The van der Waals surface area contributed by atoms with Crippen LogP contribution < -0.4 is 4.90 Å². The minimum absolute atomic E-state index is 0.119. The number of carbonyl (C=O) groups excluding carboxylic acids is 1. The molecular weight excluding hydrogens is 266 g/mol. The van der Waals surface area contributed by atoms with Crippen molar-refractivity contribution >= 4 is 17.6 Å². The zero-order chi connectivity index (χ0) is 15.0. The fourth-order valence-electron chi connectivity index (χ4n) is 3.73. The van der Waals surface area contributed by atoms with Gasteiger partial charge in [0.25, 0.3) is 0 Å². The van der Waals surface area contributed by atoms with Crippen LogP contribution in [0.4, 0.5) is 5.69 Å². The average molecular weight is 287 g/mol. The first-order chi connectivity index (χ1) is 10.1. The van der Waals surface area contributed by atoms with Gasteiger partial charge in [0.1, 0.15) is 0 Å². The molecule has 1 aliphatic heterocycles. The predicted octanol–water partition coefficient (Wildman–Crippen LogP) is 2.78. The Kier molecular flexibility index (Phi) is 3.70. The average Bonchev–Trinajstić information content (AvgIpc) is 2.92. The number of amides is 1. The van der Waals surface area contributed by atoms with Gasteiger partial charge >= 0.3 is 5.97 Å². The Balaban J connectivity index is 1.80. The van der Waals surface area contributed by atoms with E-state index < -0.39 is 5.97 Å². The van der Waals surface area contributed by atoms with Gasteiger partial charge in [-0.15, -0.1) is 0 Å². The lowest BCUT2D eigenvalue weighted by atomic mass is 9.80. The van der Waals surface area contributed by atoms with Gasteiger partial charge in [-0.2, -0.15) is 0 Å². The lowest BCUT2D eigenvalue weighted by molar-refractivity contribution is -0.143. The number of hydrogen-bond donors (Lipinski definition) is 1. The molecule has 1 aliphatic carbocycles. The number of carbonyl (C=O) groups is 2. The smallest absolute Gasteiger partial charge is 0.306 e. The lowest BCUT2D eigenvalue weighted by Gasteiger charge is -2.30. The number of benzene rings is 1. The number of hydrogen-bond acceptors (Lipinski definition) is 2. The number of para-hydroxylation sites is 1. The van der Waals surface area contributed by atoms with Gasteiger partial charge in [0.15, 0.2) is 0 Å². The largest absolute Gasteiger partial charge is 0.481 e. The Morgan fingerprint density at radius 3 is 2.76 bits per heavy atom. The van der Waals surface area contributed by atoms with Crippen LogP contribution in [0.1, 0.15) is 36.8 Å². The number of fused-ring (bicyclic) bond motifs is 1. The normalized spacial score (nSPS) is 24.7. The van der Waals surface area contributed by atoms with Crippen molar-refractivity contribution < 1.29 is 14.7 Å². The molecule has 0 aromatic heterocycles. The molecular formula is C17H21NO3. The van der Waals surface area contributed by atoms with Gasteiger partial charge in [-0.1, -0.05) is 24.6 Å². The van der Waals surface area contributed by atoms with Crippen LogP contribution >= 0.6 is 0 Å². The summed E-state index contributed by atoms with van der Waals surface area (Å²) in [7, 11) is 0. The van der Waals surface area contributed by atoms with Gasteiger partial charge in [0.05, 0.1) is 5.92 Å². The summed E-state index contributed by atoms with van der Waals surface area (Å²) < 4.78 is 0. The zero-order valence-corrected chi connectivity index (χ0v) is 12.3. The summed E-state index contributed by atoms with van der Waals surface area (Å²) in [6.07, 6.45) is 3.75. The highest BCUT2D eigenvalue weighted by atomic mass is 16.4. The van der Waals surface area contributed by atoms with Crippen LogP contribution in [0.3, 0.4) is 0 Å². The molecule has 1 aromatic rings. The van der Waals surface area contributed by atoms with E-state index >= 15 is 0 Å². The van der Waals surface area contributed by atoms with E-state index in [2.05, 4.69) is 6.07 Å². The number of rotatable bonds is 2. The Morgan fingerprint density at radius 2 is 2.00 bits per heavy atom. The maximum Gasteiger partial charge on any atom is 0.306 e. The van der Waals surface area contributed by atoms with Gasteiger partial charge in [-0.05, 0) is 43.7 Å². The summed E-state index contributed by atoms with van der Waals surface area (Å²) in [4.78, 5) is 25.9. The summed E-state index contributed by atoms with van der Waals surface area (Å²) in [5.41, 5.74) is 3.41. The van der Waals surface area contributed by atoms with E-state index in [1.54, 1.807) is 0 Å². The van der Waals surface area contributed by atoms with Crippen molar-refractivity contribution in [2.24, 2.45) is 11.8 Å².